The van der Waals surface area contributed by atoms with Gasteiger partial charge >= 0.3 is 0 Å². The smallest absolute Gasteiger partial charge is 0.240 e. The van der Waals surface area contributed by atoms with E-state index in [0.717, 1.165) is 32.5 Å². The first-order chi connectivity index (χ1) is 9.82. The monoisotopic (exact) mass is 312 g/mol. The molecule has 6 nitrogen and oxygen atoms in total. The van der Waals surface area contributed by atoms with E-state index >= 15 is 0 Å². The number of nitrogen functional groups attached to an aromatic ring is 1. The molecule has 0 saturated carbocycles. The average Bonchev–Trinajstić information content (AvgIpc) is 2.45. The van der Waals surface area contributed by atoms with Gasteiger partial charge in [0.05, 0.1) is 5.69 Å². The highest BCUT2D eigenvalue weighted by atomic mass is 32.2. The van der Waals surface area contributed by atoms with Gasteiger partial charge in [-0.1, -0.05) is 6.92 Å². The molecule has 1 aliphatic heterocycles. The van der Waals surface area contributed by atoms with Gasteiger partial charge in [0.2, 0.25) is 10.0 Å². The number of sulfonamides is 1. The molecule has 0 spiro atoms. The van der Waals surface area contributed by atoms with Gasteiger partial charge < -0.3 is 15.5 Å². The van der Waals surface area contributed by atoms with Crippen LogP contribution in [0.4, 0.5) is 11.4 Å². The maximum Gasteiger partial charge on any atom is 0.240 e. The summed E-state index contributed by atoms with van der Waals surface area (Å²) in [5, 5.41) is 5.32. The molecule has 0 unspecified atom stereocenters. The number of nitrogens with two attached hydrogens (primary N) is 2. The fourth-order valence-corrected chi connectivity index (χ4v) is 3.67. The van der Waals surface area contributed by atoms with E-state index < -0.39 is 10.0 Å². The second-order valence-electron chi connectivity index (χ2n) is 5.55. The lowest BCUT2D eigenvalue weighted by atomic mass is 10.0. The quantitative estimate of drug-likeness (QED) is 0.804. The Morgan fingerprint density at radius 1 is 1.33 bits per heavy atom. The van der Waals surface area contributed by atoms with Crippen LogP contribution >= 0.6 is 0 Å². The Bertz CT molecular complexity index is 595. The number of hydrogen-bond donors (Lipinski definition) is 2. The molecule has 0 aromatic heterocycles. The van der Waals surface area contributed by atoms with Crippen LogP contribution in [-0.2, 0) is 10.0 Å². The van der Waals surface area contributed by atoms with Crippen LogP contribution in [0.3, 0.4) is 0 Å². The maximum atomic E-state index is 11.8. The number of benzene rings is 1. The van der Waals surface area contributed by atoms with Gasteiger partial charge in [-0.2, -0.15) is 0 Å². The number of piperidine rings is 1. The third-order valence-electron chi connectivity index (χ3n) is 4.22. The Morgan fingerprint density at radius 3 is 2.48 bits per heavy atom. The largest absolute Gasteiger partial charge is 0.399 e. The van der Waals surface area contributed by atoms with Gasteiger partial charge in [0.25, 0.3) is 0 Å². The molecular formula is C14H24N4O2S. The van der Waals surface area contributed by atoms with Crippen LogP contribution in [-0.4, -0.2) is 46.0 Å². The van der Waals surface area contributed by atoms with Crippen LogP contribution in [0.15, 0.2) is 23.1 Å². The van der Waals surface area contributed by atoms with Crippen molar-refractivity contribution in [3.8, 4) is 0 Å². The van der Waals surface area contributed by atoms with Crippen LogP contribution in [0.2, 0.25) is 0 Å². The summed E-state index contributed by atoms with van der Waals surface area (Å²) in [4.78, 5) is 4.52. The van der Waals surface area contributed by atoms with Crippen molar-refractivity contribution in [3.05, 3.63) is 18.2 Å². The fourth-order valence-electron chi connectivity index (χ4n) is 2.87. The number of anilines is 2. The molecule has 0 aliphatic carbocycles. The van der Waals surface area contributed by atoms with Crippen LogP contribution in [0.5, 0.6) is 0 Å². The highest BCUT2D eigenvalue weighted by Crippen LogP contribution is 2.29. The molecule has 7 heteroatoms. The molecule has 0 radical (unpaired) electrons. The van der Waals surface area contributed by atoms with Crippen LogP contribution in [0.1, 0.15) is 19.8 Å². The Labute approximate surface area is 126 Å². The zero-order valence-electron chi connectivity index (χ0n) is 12.6. The minimum Gasteiger partial charge on any atom is -0.399 e. The summed E-state index contributed by atoms with van der Waals surface area (Å²) in [7, 11) is -1.86. The molecule has 21 heavy (non-hydrogen) atoms. The van der Waals surface area contributed by atoms with E-state index in [1.165, 1.54) is 6.07 Å². The lowest BCUT2D eigenvalue weighted by Crippen LogP contribution is -2.43. The number of nitrogens with zero attached hydrogens (tertiary/aromatic N) is 2. The van der Waals surface area contributed by atoms with Crippen molar-refractivity contribution in [2.45, 2.75) is 30.7 Å². The first kappa shape index (κ1) is 16.1. The van der Waals surface area contributed by atoms with Gasteiger partial charge in [-0.15, -0.1) is 0 Å². The van der Waals surface area contributed by atoms with E-state index in [-0.39, 0.29) is 4.90 Å². The standard InChI is InChI=1S/C14H24N4O2S/c1-3-18-8-6-12(7-9-18)17(2)13-5-4-11(15)10-14(13)21(16,19)20/h4-5,10,12H,3,6-9,15H2,1-2H3,(H2,16,19,20). The zero-order valence-corrected chi connectivity index (χ0v) is 13.4. The molecule has 4 N–H and O–H groups in total. The molecule has 0 amide bonds. The summed E-state index contributed by atoms with van der Waals surface area (Å²) in [6.45, 7) is 5.28. The Hall–Kier alpha value is -1.31. The number of hydrogen-bond acceptors (Lipinski definition) is 5. The molecule has 0 atom stereocenters. The lowest BCUT2D eigenvalue weighted by Gasteiger charge is -2.38. The topological polar surface area (TPSA) is 92.7 Å². The minimum absolute atomic E-state index is 0.0999. The lowest BCUT2D eigenvalue weighted by molar-refractivity contribution is 0.220. The number of rotatable bonds is 4. The molecular weight excluding hydrogens is 288 g/mol. The first-order valence-corrected chi connectivity index (χ1v) is 8.75. The molecule has 1 aromatic carbocycles. The summed E-state index contributed by atoms with van der Waals surface area (Å²) in [6.07, 6.45) is 2.03. The molecule has 1 fully saturated rings. The van der Waals surface area contributed by atoms with E-state index in [1.54, 1.807) is 12.1 Å². The number of primary sulfonamides is 1. The van der Waals surface area contributed by atoms with Crippen LogP contribution in [0.25, 0.3) is 0 Å². The van der Waals surface area contributed by atoms with Crippen molar-refractivity contribution in [3.63, 3.8) is 0 Å². The Balaban J connectivity index is 2.26. The van der Waals surface area contributed by atoms with E-state index in [4.69, 9.17) is 10.9 Å². The zero-order chi connectivity index (χ0) is 15.6. The summed E-state index contributed by atoms with van der Waals surface area (Å²) in [5.41, 5.74) is 6.72. The van der Waals surface area contributed by atoms with Crippen molar-refractivity contribution in [1.29, 1.82) is 0 Å². The van der Waals surface area contributed by atoms with E-state index in [0.29, 0.717) is 17.4 Å². The van der Waals surface area contributed by atoms with E-state index in [2.05, 4.69) is 11.8 Å². The van der Waals surface area contributed by atoms with Gasteiger partial charge in [-0.3, -0.25) is 0 Å². The second-order valence-corrected chi connectivity index (χ2v) is 7.08. The third-order valence-corrected chi connectivity index (χ3v) is 5.16. The SMILES string of the molecule is CCN1CCC(N(C)c2ccc(N)cc2S(N)(=O)=O)CC1. The number of likely N-dealkylation sites (tertiary alicyclic amines) is 1. The van der Waals surface area contributed by atoms with Gasteiger partial charge in [-0.05, 0) is 37.6 Å². The summed E-state index contributed by atoms with van der Waals surface area (Å²) >= 11 is 0. The van der Waals surface area contributed by atoms with Crippen LogP contribution < -0.4 is 15.8 Å². The summed E-state index contributed by atoms with van der Waals surface area (Å²) in [6, 6.07) is 5.20. The molecule has 1 aromatic rings. The van der Waals surface area contributed by atoms with Crippen molar-refractivity contribution >= 4 is 21.4 Å². The average molecular weight is 312 g/mol. The predicted octanol–water partition coefficient (Wildman–Crippen LogP) is 0.837. The molecule has 1 aliphatic rings. The van der Waals surface area contributed by atoms with E-state index in [1.807, 2.05) is 11.9 Å². The van der Waals surface area contributed by atoms with Crippen molar-refractivity contribution in [2.24, 2.45) is 5.14 Å². The van der Waals surface area contributed by atoms with Gasteiger partial charge in [0, 0.05) is 31.9 Å². The van der Waals surface area contributed by atoms with E-state index in [9.17, 15) is 8.42 Å². The Kier molecular flexibility index (Phi) is 4.75. The fraction of sp³-hybridized carbons (Fsp3) is 0.571. The summed E-state index contributed by atoms with van der Waals surface area (Å²) < 4.78 is 23.6. The normalized spacial score (nSPS) is 17.9. The highest BCUT2D eigenvalue weighted by Gasteiger charge is 2.25. The Morgan fingerprint density at radius 2 is 1.95 bits per heavy atom. The van der Waals surface area contributed by atoms with Gasteiger partial charge in [0.1, 0.15) is 4.90 Å². The highest BCUT2D eigenvalue weighted by molar-refractivity contribution is 7.89. The van der Waals surface area contributed by atoms with Gasteiger partial charge in [-0.25, -0.2) is 13.6 Å². The maximum absolute atomic E-state index is 11.8. The molecule has 2 rings (SSSR count). The molecule has 0 bridgehead atoms. The van der Waals surface area contributed by atoms with Crippen LogP contribution in [0, 0.1) is 0 Å². The molecule has 1 saturated heterocycles. The molecule has 1 heterocycles. The molecule has 118 valence electrons. The minimum atomic E-state index is -3.79. The second kappa shape index (κ2) is 6.21. The van der Waals surface area contributed by atoms with Crippen molar-refractivity contribution in [1.82, 2.24) is 4.90 Å². The summed E-state index contributed by atoms with van der Waals surface area (Å²) in [5.74, 6) is 0. The van der Waals surface area contributed by atoms with Gasteiger partial charge in [0.15, 0.2) is 0 Å². The predicted molar refractivity (Wildman–Crippen MR) is 85.8 cm³/mol. The third kappa shape index (κ3) is 3.66. The van der Waals surface area contributed by atoms with Crippen molar-refractivity contribution in [2.75, 3.05) is 37.3 Å². The first-order valence-electron chi connectivity index (χ1n) is 7.20. The van der Waals surface area contributed by atoms with Crippen molar-refractivity contribution < 1.29 is 8.42 Å².